The maximum absolute atomic E-state index is 10.5. The average molecular weight is 288 g/mol. The van der Waals surface area contributed by atoms with E-state index in [1.807, 2.05) is 18.2 Å². The number of rotatable bonds is 3. The van der Waals surface area contributed by atoms with Crippen LogP contribution in [0.2, 0.25) is 0 Å². The smallest absolute Gasteiger partial charge is 0.123 e. The zero-order valence-electron chi connectivity index (χ0n) is 12.1. The minimum absolute atomic E-state index is 0.135. The van der Waals surface area contributed by atoms with Gasteiger partial charge in [0.15, 0.2) is 0 Å². The lowest BCUT2D eigenvalue weighted by Crippen LogP contribution is -2.24. The number of ether oxygens (including phenoxy) is 1. The second kappa shape index (κ2) is 4.90. The van der Waals surface area contributed by atoms with Crippen LogP contribution in [-0.2, 0) is 12.8 Å². The Morgan fingerprint density at radius 2 is 2.10 bits per heavy atom. The van der Waals surface area contributed by atoms with E-state index in [4.69, 9.17) is 4.74 Å². The van der Waals surface area contributed by atoms with Crippen molar-refractivity contribution in [3.05, 3.63) is 51.2 Å². The third-order valence-corrected chi connectivity index (χ3v) is 4.99. The number of hydrogen-bond donors (Lipinski definition) is 1. The van der Waals surface area contributed by atoms with Crippen LogP contribution in [0.4, 0.5) is 0 Å². The molecular weight excluding hydrogens is 268 g/mol. The minimum Gasteiger partial charge on any atom is -0.487 e. The lowest BCUT2D eigenvalue weighted by Gasteiger charge is -2.16. The number of fused-ring (bicyclic) bond motifs is 1. The molecule has 20 heavy (non-hydrogen) atoms. The highest BCUT2D eigenvalue weighted by molar-refractivity contribution is 7.12. The Morgan fingerprint density at radius 1 is 1.30 bits per heavy atom. The summed E-state index contributed by atoms with van der Waals surface area (Å²) in [5.74, 6) is 0.950. The molecule has 3 rings (SSSR count). The molecule has 0 aliphatic carbocycles. The van der Waals surface area contributed by atoms with Crippen LogP contribution in [-0.4, -0.2) is 10.7 Å². The molecule has 0 amide bonds. The Balaban J connectivity index is 1.88. The van der Waals surface area contributed by atoms with E-state index in [0.29, 0.717) is 0 Å². The highest BCUT2D eigenvalue weighted by Gasteiger charge is 2.30. The first-order chi connectivity index (χ1) is 9.48. The van der Waals surface area contributed by atoms with Gasteiger partial charge in [0.25, 0.3) is 0 Å². The molecule has 2 aromatic rings. The maximum Gasteiger partial charge on any atom is 0.123 e. The molecule has 106 valence electrons. The zero-order chi connectivity index (χ0) is 14.3. The van der Waals surface area contributed by atoms with Gasteiger partial charge in [-0.1, -0.05) is 13.0 Å². The van der Waals surface area contributed by atoms with Gasteiger partial charge in [-0.3, -0.25) is 0 Å². The van der Waals surface area contributed by atoms with Gasteiger partial charge < -0.3 is 9.84 Å². The van der Waals surface area contributed by atoms with Crippen molar-refractivity contribution in [3.8, 4) is 5.75 Å². The van der Waals surface area contributed by atoms with Crippen molar-refractivity contribution in [1.29, 1.82) is 0 Å². The number of aliphatic hydroxyl groups is 1. The minimum atomic E-state index is -0.533. The van der Waals surface area contributed by atoms with E-state index < -0.39 is 6.10 Å². The predicted octanol–water partition coefficient (Wildman–Crippen LogP) is 4.11. The van der Waals surface area contributed by atoms with Crippen LogP contribution in [0.1, 0.15) is 47.8 Å². The van der Waals surface area contributed by atoms with Gasteiger partial charge in [0.05, 0.1) is 0 Å². The molecule has 1 aliphatic rings. The molecule has 1 aromatic heterocycles. The highest BCUT2D eigenvalue weighted by Crippen LogP contribution is 2.37. The first-order valence-electron chi connectivity index (χ1n) is 7.07. The number of thiophene rings is 1. The monoisotopic (exact) mass is 288 g/mol. The quantitative estimate of drug-likeness (QED) is 0.921. The van der Waals surface area contributed by atoms with Crippen LogP contribution in [0.15, 0.2) is 30.3 Å². The molecule has 0 saturated carbocycles. The summed E-state index contributed by atoms with van der Waals surface area (Å²) in [5.41, 5.74) is 2.01. The van der Waals surface area contributed by atoms with Gasteiger partial charge in [-0.05, 0) is 55.7 Å². The topological polar surface area (TPSA) is 29.5 Å². The lowest BCUT2D eigenvalue weighted by atomic mass is 9.98. The van der Waals surface area contributed by atoms with Crippen molar-refractivity contribution >= 4 is 11.3 Å². The summed E-state index contributed by atoms with van der Waals surface area (Å²) in [4.78, 5) is 2.32. The van der Waals surface area contributed by atoms with Crippen molar-refractivity contribution in [2.45, 2.75) is 45.3 Å². The first-order valence-corrected chi connectivity index (χ1v) is 7.89. The highest BCUT2D eigenvalue weighted by atomic mass is 32.1. The average Bonchev–Trinajstić information content (AvgIpc) is 2.98. The van der Waals surface area contributed by atoms with E-state index in [0.717, 1.165) is 29.0 Å². The first kappa shape index (κ1) is 13.7. The van der Waals surface area contributed by atoms with Crippen molar-refractivity contribution in [3.63, 3.8) is 0 Å². The number of aliphatic hydroxyl groups excluding tert-OH is 1. The van der Waals surface area contributed by atoms with E-state index in [2.05, 4.69) is 32.9 Å². The Labute approximate surface area is 124 Å². The fraction of sp³-hybridized carbons (Fsp3) is 0.412. The number of aryl methyl sites for hydroxylation is 1. The fourth-order valence-electron chi connectivity index (χ4n) is 2.70. The maximum atomic E-state index is 10.5. The lowest BCUT2D eigenvalue weighted by molar-refractivity contribution is 0.138. The molecule has 0 radical (unpaired) electrons. The van der Waals surface area contributed by atoms with E-state index in [1.54, 1.807) is 11.3 Å². The van der Waals surface area contributed by atoms with Crippen LogP contribution in [0.3, 0.4) is 0 Å². The Morgan fingerprint density at radius 3 is 2.80 bits per heavy atom. The molecule has 2 nitrogen and oxygen atoms in total. The fourth-order valence-corrected chi connectivity index (χ4v) is 3.66. The van der Waals surface area contributed by atoms with Crippen LogP contribution < -0.4 is 4.74 Å². The molecule has 0 fully saturated rings. The van der Waals surface area contributed by atoms with Gasteiger partial charge in [0.1, 0.15) is 17.5 Å². The second-order valence-electron chi connectivity index (χ2n) is 5.97. The Kier molecular flexibility index (Phi) is 3.35. The Bertz CT molecular complexity index is 628. The van der Waals surface area contributed by atoms with E-state index in [9.17, 15) is 5.11 Å². The molecule has 1 aromatic carbocycles. The Hall–Kier alpha value is -1.32. The van der Waals surface area contributed by atoms with Gasteiger partial charge in [-0.25, -0.2) is 0 Å². The van der Waals surface area contributed by atoms with Gasteiger partial charge in [0, 0.05) is 16.2 Å². The van der Waals surface area contributed by atoms with E-state index >= 15 is 0 Å². The molecule has 1 atom stereocenters. The second-order valence-corrected chi connectivity index (χ2v) is 7.17. The number of benzene rings is 1. The van der Waals surface area contributed by atoms with Crippen LogP contribution >= 0.6 is 11.3 Å². The van der Waals surface area contributed by atoms with Crippen LogP contribution in [0.25, 0.3) is 0 Å². The summed E-state index contributed by atoms with van der Waals surface area (Å²) in [5, 5.41) is 10.5. The van der Waals surface area contributed by atoms with Crippen LogP contribution in [0.5, 0.6) is 5.75 Å². The SMILES string of the molecule is CCc1ccc(C(O)c2ccc3c(c2)CC(C)(C)O3)s1. The van der Waals surface area contributed by atoms with Crippen LogP contribution in [0, 0.1) is 0 Å². The summed E-state index contributed by atoms with van der Waals surface area (Å²) in [6.07, 6.45) is 1.38. The molecule has 1 unspecified atom stereocenters. The predicted molar refractivity (Wildman–Crippen MR) is 82.6 cm³/mol. The van der Waals surface area contributed by atoms with Crippen molar-refractivity contribution < 1.29 is 9.84 Å². The van der Waals surface area contributed by atoms with Gasteiger partial charge in [0.2, 0.25) is 0 Å². The van der Waals surface area contributed by atoms with Crippen molar-refractivity contribution in [2.75, 3.05) is 0 Å². The van der Waals surface area contributed by atoms with Crippen molar-refractivity contribution in [2.24, 2.45) is 0 Å². The molecule has 0 spiro atoms. The molecule has 2 heterocycles. The van der Waals surface area contributed by atoms with E-state index in [-0.39, 0.29) is 5.60 Å². The zero-order valence-corrected chi connectivity index (χ0v) is 13.0. The molecule has 0 saturated heterocycles. The third-order valence-electron chi connectivity index (χ3n) is 3.70. The summed E-state index contributed by atoms with van der Waals surface area (Å²) in [6.45, 7) is 6.32. The normalized spacial score (nSPS) is 17.6. The largest absolute Gasteiger partial charge is 0.487 e. The number of hydrogen-bond acceptors (Lipinski definition) is 3. The summed E-state index contributed by atoms with van der Waals surface area (Å²) >= 11 is 1.69. The van der Waals surface area contributed by atoms with Crippen molar-refractivity contribution in [1.82, 2.24) is 0 Å². The van der Waals surface area contributed by atoms with E-state index in [1.165, 1.54) is 10.4 Å². The summed E-state index contributed by atoms with van der Waals surface area (Å²) < 4.78 is 5.88. The molecule has 1 aliphatic heterocycles. The summed E-state index contributed by atoms with van der Waals surface area (Å²) in [6, 6.07) is 10.2. The standard InChI is InChI=1S/C17H20O2S/c1-4-13-6-8-15(20-13)16(18)11-5-7-14-12(9-11)10-17(2,3)19-14/h5-9,16,18H,4,10H2,1-3H3. The third kappa shape index (κ3) is 2.48. The summed E-state index contributed by atoms with van der Waals surface area (Å²) in [7, 11) is 0. The van der Waals surface area contributed by atoms with Gasteiger partial charge >= 0.3 is 0 Å². The molecule has 0 bridgehead atoms. The molecule has 3 heteroatoms. The molecular formula is C17H20O2S. The van der Waals surface area contributed by atoms with Gasteiger partial charge in [-0.15, -0.1) is 11.3 Å². The molecule has 1 N–H and O–H groups in total. The van der Waals surface area contributed by atoms with Gasteiger partial charge in [-0.2, -0.15) is 0 Å².